The fraction of sp³-hybridized carbons (Fsp3) is 0.452. The number of hydrogen-bond donors (Lipinski definition) is 5. The molecular formula is C31H40Cl2FN5O3. The quantitative estimate of drug-likeness (QED) is 0.151. The summed E-state index contributed by atoms with van der Waals surface area (Å²) in [6.45, 7) is 2.69. The van der Waals surface area contributed by atoms with Crippen molar-refractivity contribution in [1.29, 1.82) is 0 Å². The van der Waals surface area contributed by atoms with Gasteiger partial charge in [-0.1, -0.05) is 74.0 Å². The van der Waals surface area contributed by atoms with Crippen LogP contribution in [0, 0.1) is 17.2 Å². The summed E-state index contributed by atoms with van der Waals surface area (Å²) in [6.07, 6.45) is 11.1. The van der Waals surface area contributed by atoms with E-state index in [4.69, 9.17) is 33.7 Å². The van der Waals surface area contributed by atoms with Gasteiger partial charge in [0, 0.05) is 35.1 Å². The summed E-state index contributed by atoms with van der Waals surface area (Å²) in [7, 11) is 0. The van der Waals surface area contributed by atoms with E-state index in [2.05, 4.69) is 34.3 Å². The smallest absolute Gasteiger partial charge is 0.312 e. The molecule has 42 heavy (non-hydrogen) atoms. The van der Waals surface area contributed by atoms with Gasteiger partial charge in [-0.3, -0.25) is 9.59 Å². The number of H-pyrrole nitrogens is 1. The Morgan fingerprint density at radius 1 is 1.12 bits per heavy atom. The number of amides is 4. The molecule has 8 nitrogen and oxygen atoms in total. The van der Waals surface area contributed by atoms with Crippen molar-refractivity contribution in [2.45, 2.75) is 70.8 Å². The van der Waals surface area contributed by atoms with Gasteiger partial charge in [0.25, 0.3) is 0 Å². The molecule has 0 bridgehead atoms. The first-order valence-electron chi connectivity index (χ1n) is 14.3. The van der Waals surface area contributed by atoms with Crippen molar-refractivity contribution in [3.05, 3.63) is 69.6 Å². The molecule has 0 spiro atoms. The fourth-order valence-corrected chi connectivity index (χ4v) is 6.41. The molecule has 0 aliphatic heterocycles. The lowest BCUT2D eigenvalue weighted by molar-refractivity contribution is -0.126. The minimum atomic E-state index is -0.477. The Balaban J connectivity index is 0.000000230. The number of carbonyl (C=O) groups excluding carboxylic acids is 3. The molecule has 7 N–H and O–H groups in total. The van der Waals surface area contributed by atoms with E-state index in [1.165, 1.54) is 23.1 Å². The Kier molecular flexibility index (Phi) is 12.5. The molecule has 3 aromatic rings. The number of nitrogens with one attached hydrogen (secondary N) is 3. The molecule has 228 valence electrons. The summed E-state index contributed by atoms with van der Waals surface area (Å²) >= 11 is 12.5. The second kappa shape index (κ2) is 15.8. The van der Waals surface area contributed by atoms with Crippen molar-refractivity contribution in [2.75, 3.05) is 6.54 Å². The predicted octanol–water partition coefficient (Wildman–Crippen LogP) is 6.54. The Bertz CT molecular complexity index is 1350. The van der Waals surface area contributed by atoms with Gasteiger partial charge in [0.15, 0.2) is 0 Å². The summed E-state index contributed by atoms with van der Waals surface area (Å²) in [6, 6.07) is 9.98. The third-order valence-corrected chi connectivity index (χ3v) is 9.01. The van der Waals surface area contributed by atoms with E-state index >= 15 is 0 Å². The van der Waals surface area contributed by atoms with Crippen LogP contribution in [0.1, 0.15) is 75.5 Å². The topological polar surface area (TPSA) is 143 Å². The third kappa shape index (κ3) is 8.61. The third-order valence-electron chi connectivity index (χ3n) is 8.19. The lowest BCUT2D eigenvalue weighted by Crippen LogP contribution is -2.41. The highest BCUT2D eigenvalue weighted by Gasteiger charge is 2.42. The minimum absolute atomic E-state index is 0.0288. The van der Waals surface area contributed by atoms with Gasteiger partial charge in [-0.05, 0) is 61.3 Å². The zero-order valence-electron chi connectivity index (χ0n) is 23.9. The summed E-state index contributed by atoms with van der Waals surface area (Å²) < 4.78 is 14.6. The maximum Gasteiger partial charge on any atom is 0.312 e. The highest BCUT2D eigenvalue weighted by Crippen LogP contribution is 2.50. The van der Waals surface area contributed by atoms with Gasteiger partial charge >= 0.3 is 6.03 Å². The number of hydrogen-bond acceptors (Lipinski definition) is 3. The van der Waals surface area contributed by atoms with Crippen molar-refractivity contribution in [1.82, 2.24) is 15.6 Å². The predicted molar refractivity (Wildman–Crippen MR) is 166 cm³/mol. The molecule has 1 atom stereocenters. The molecule has 2 saturated carbocycles. The average Bonchev–Trinajstić information content (AvgIpc) is 3.73. The van der Waals surface area contributed by atoms with E-state index in [0.29, 0.717) is 17.1 Å². The lowest BCUT2D eigenvalue weighted by atomic mass is 9.76. The van der Waals surface area contributed by atoms with Crippen LogP contribution in [0.5, 0.6) is 0 Å². The van der Waals surface area contributed by atoms with Crippen LogP contribution in [0.2, 0.25) is 10.0 Å². The Morgan fingerprint density at radius 3 is 2.40 bits per heavy atom. The number of carbonyl (C=O) groups is 3. The highest BCUT2D eigenvalue weighted by molar-refractivity contribution is 6.42. The number of primary amides is 2. The average molecular weight is 621 g/mol. The molecule has 2 aromatic carbocycles. The molecule has 2 aliphatic rings. The number of nitrogens with two attached hydrogens (primary N) is 2. The molecule has 0 saturated heterocycles. The Labute approximate surface area is 256 Å². The number of rotatable bonds is 7. The first-order valence-corrected chi connectivity index (χ1v) is 15.0. The van der Waals surface area contributed by atoms with Crippen molar-refractivity contribution >= 4 is 52.5 Å². The SMILES string of the molecule is CC1(C(NC(=O)C2CCCC2)c2c(F)ccc(Cl)c2Cl)CCCC1.NC(=O)NCCc1c[nH]c2ccccc12.NC=O. The Hall–Kier alpha value is -3.30. The molecule has 1 aromatic heterocycles. The number of aromatic nitrogens is 1. The van der Waals surface area contributed by atoms with E-state index in [9.17, 15) is 14.0 Å². The number of benzene rings is 2. The van der Waals surface area contributed by atoms with Crippen molar-refractivity contribution in [3.63, 3.8) is 0 Å². The number of urea groups is 1. The maximum absolute atomic E-state index is 14.6. The molecule has 0 radical (unpaired) electrons. The summed E-state index contributed by atoms with van der Waals surface area (Å²) in [5.74, 6) is -0.325. The molecule has 4 amide bonds. The van der Waals surface area contributed by atoms with Crippen LogP contribution in [0.25, 0.3) is 10.9 Å². The molecular weight excluding hydrogens is 580 g/mol. The fourth-order valence-electron chi connectivity index (χ4n) is 5.98. The van der Waals surface area contributed by atoms with E-state index < -0.39 is 17.9 Å². The van der Waals surface area contributed by atoms with Crippen LogP contribution in [-0.2, 0) is 16.0 Å². The summed E-state index contributed by atoms with van der Waals surface area (Å²) in [5.41, 5.74) is 11.6. The van der Waals surface area contributed by atoms with Gasteiger partial charge in [-0.25, -0.2) is 9.18 Å². The van der Waals surface area contributed by atoms with Gasteiger partial charge in [-0.2, -0.15) is 0 Å². The molecule has 2 aliphatic carbocycles. The zero-order chi connectivity index (χ0) is 30.7. The molecule has 1 heterocycles. The van der Waals surface area contributed by atoms with Gasteiger partial charge < -0.3 is 27.1 Å². The summed E-state index contributed by atoms with van der Waals surface area (Å²) in [4.78, 5) is 35.0. The number of fused-ring (bicyclic) bond motifs is 1. The largest absolute Gasteiger partial charge is 0.372 e. The first kappa shape index (κ1) is 33.2. The van der Waals surface area contributed by atoms with Gasteiger partial charge in [0.1, 0.15) is 5.82 Å². The van der Waals surface area contributed by atoms with Crippen molar-refractivity contribution in [2.24, 2.45) is 22.8 Å². The van der Waals surface area contributed by atoms with Crippen LogP contribution in [0.15, 0.2) is 42.6 Å². The molecule has 11 heteroatoms. The van der Waals surface area contributed by atoms with Crippen LogP contribution < -0.4 is 22.1 Å². The van der Waals surface area contributed by atoms with E-state index in [-0.39, 0.29) is 28.7 Å². The van der Waals surface area contributed by atoms with Gasteiger partial charge in [-0.15, -0.1) is 0 Å². The van der Waals surface area contributed by atoms with Crippen LogP contribution in [0.4, 0.5) is 9.18 Å². The van der Waals surface area contributed by atoms with Crippen LogP contribution >= 0.6 is 23.2 Å². The highest BCUT2D eigenvalue weighted by atomic mass is 35.5. The van der Waals surface area contributed by atoms with Crippen molar-refractivity contribution < 1.29 is 18.8 Å². The monoisotopic (exact) mass is 619 g/mol. The number of aromatic amines is 1. The van der Waals surface area contributed by atoms with Gasteiger partial charge in [0.05, 0.1) is 16.1 Å². The van der Waals surface area contributed by atoms with Crippen LogP contribution in [-0.4, -0.2) is 29.9 Å². The second-order valence-electron chi connectivity index (χ2n) is 11.1. The minimum Gasteiger partial charge on any atom is -0.372 e. The second-order valence-corrected chi connectivity index (χ2v) is 11.9. The maximum atomic E-state index is 14.6. The zero-order valence-corrected chi connectivity index (χ0v) is 25.4. The molecule has 5 rings (SSSR count). The standard InChI is InChI=1S/C19H24Cl2FNO.C11H13N3O.CH3NO/c1-19(10-4-5-11-19)17(23-18(24)12-6-2-3-7-12)15-14(22)9-8-13(20)16(15)21;12-11(15)13-6-5-8-7-14-10-4-2-1-3-9(8)10;2-1-3/h8-9,12,17H,2-7,10-11H2,1H3,(H,23,24);1-4,7,14H,5-6H2,(H3,12,13,15);1H,(H2,2,3). The number of para-hydroxylation sites is 1. The normalized spacial score (nSPS) is 16.5. The Morgan fingerprint density at radius 2 is 1.76 bits per heavy atom. The van der Waals surface area contributed by atoms with Crippen molar-refractivity contribution in [3.8, 4) is 0 Å². The molecule has 2 fully saturated rings. The van der Waals surface area contributed by atoms with Gasteiger partial charge in [0.2, 0.25) is 12.3 Å². The lowest BCUT2D eigenvalue weighted by Gasteiger charge is -2.36. The summed E-state index contributed by atoms with van der Waals surface area (Å²) in [5, 5.41) is 7.47. The number of halogens is 3. The van der Waals surface area contributed by atoms with E-state index in [0.717, 1.165) is 63.3 Å². The van der Waals surface area contributed by atoms with Crippen LogP contribution in [0.3, 0.4) is 0 Å². The van der Waals surface area contributed by atoms with E-state index in [1.807, 2.05) is 24.4 Å². The van der Waals surface area contributed by atoms with E-state index in [1.54, 1.807) is 0 Å². The first-order chi connectivity index (χ1) is 20.1. The molecule has 1 unspecified atom stereocenters.